The molecule has 0 saturated heterocycles. The lowest BCUT2D eigenvalue weighted by Crippen LogP contribution is -2.44. The van der Waals surface area contributed by atoms with Crippen molar-refractivity contribution >= 4 is 8.32 Å². The van der Waals surface area contributed by atoms with Gasteiger partial charge in [0, 0.05) is 12.5 Å². The Morgan fingerprint density at radius 3 is 2.07 bits per heavy atom. The van der Waals surface area contributed by atoms with Crippen LogP contribution in [0.15, 0.2) is 0 Å². The molecule has 0 aromatic heterocycles. The van der Waals surface area contributed by atoms with E-state index in [0.29, 0.717) is 6.42 Å². The summed E-state index contributed by atoms with van der Waals surface area (Å²) < 4.78 is 6.04. The van der Waals surface area contributed by atoms with Crippen LogP contribution < -0.4 is 0 Å². The first kappa shape index (κ1) is 15.1. The highest BCUT2D eigenvalue weighted by molar-refractivity contribution is 6.74. The maximum atomic E-state index is 9.31. The Morgan fingerprint density at radius 1 is 1.27 bits per heavy atom. The minimum absolute atomic E-state index is 0.00745. The topological polar surface area (TPSA) is 49.7 Å². The summed E-state index contributed by atoms with van der Waals surface area (Å²) >= 11 is 0. The van der Waals surface area contributed by atoms with Crippen molar-refractivity contribution in [3.63, 3.8) is 0 Å². The smallest absolute Gasteiger partial charge is 0.192 e. The zero-order chi connectivity index (χ0) is 12.3. The molecule has 0 aromatic carbocycles. The second-order valence-electron chi connectivity index (χ2n) is 5.76. The maximum Gasteiger partial charge on any atom is 0.192 e. The monoisotopic (exact) mass is 234 g/mol. The van der Waals surface area contributed by atoms with Crippen LogP contribution in [0.2, 0.25) is 18.1 Å². The Labute approximate surface area is 94.6 Å². The van der Waals surface area contributed by atoms with Crippen LogP contribution in [0.1, 0.15) is 34.1 Å². The van der Waals surface area contributed by atoms with Gasteiger partial charge < -0.3 is 14.6 Å². The lowest BCUT2D eigenvalue weighted by atomic mass is 10.2. The van der Waals surface area contributed by atoms with Crippen molar-refractivity contribution in [2.45, 2.75) is 64.5 Å². The highest BCUT2D eigenvalue weighted by Crippen LogP contribution is 2.37. The Bertz CT molecular complexity index is 187. The summed E-state index contributed by atoms with van der Waals surface area (Å²) in [6, 6.07) is 0. The van der Waals surface area contributed by atoms with Gasteiger partial charge in [0.2, 0.25) is 0 Å². The summed E-state index contributed by atoms with van der Waals surface area (Å²) in [4.78, 5) is 0. The van der Waals surface area contributed by atoms with E-state index in [4.69, 9.17) is 9.53 Å². The van der Waals surface area contributed by atoms with Gasteiger partial charge in [0.1, 0.15) is 0 Å². The van der Waals surface area contributed by atoms with Crippen molar-refractivity contribution < 1.29 is 14.6 Å². The summed E-state index contributed by atoms with van der Waals surface area (Å²) in [7, 11) is -1.74. The molecule has 2 atom stereocenters. The Morgan fingerprint density at radius 2 is 1.73 bits per heavy atom. The molecule has 0 fully saturated rings. The minimum atomic E-state index is -1.74. The quantitative estimate of drug-likeness (QED) is 0.717. The summed E-state index contributed by atoms with van der Waals surface area (Å²) in [5, 5.41) is 18.2. The molecule has 15 heavy (non-hydrogen) atoms. The van der Waals surface area contributed by atoms with Crippen molar-refractivity contribution in [2.75, 3.05) is 6.61 Å². The molecule has 3 nitrogen and oxygen atoms in total. The van der Waals surface area contributed by atoms with Gasteiger partial charge in [-0.25, -0.2) is 0 Å². The lowest BCUT2D eigenvalue weighted by Gasteiger charge is -2.38. The molecule has 0 aliphatic heterocycles. The van der Waals surface area contributed by atoms with Crippen molar-refractivity contribution in [3.05, 3.63) is 0 Å². The van der Waals surface area contributed by atoms with Crippen molar-refractivity contribution in [1.29, 1.82) is 0 Å². The van der Waals surface area contributed by atoms with Gasteiger partial charge in [0.25, 0.3) is 0 Å². The number of rotatable bonds is 5. The standard InChI is InChI=1S/C11H26O3Si/c1-9(7-10(13)8-12)14-15(5,6)11(2,3)4/h9-10,12-13H,7-8H2,1-6H3/t9-,10+/m1/s1. The van der Waals surface area contributed by atoms with Crippen LogP contribution in [0, 0.1) is 0 Å². The fraction of sp³-hybridized carbons (Fsp3) is 1.00. The van der Waals surface area contributed by atoms with E-state index in [1.165, 1.54) is 0 Å². The van der Waals surface area contributed by atoms with Gasteiger partial charge in [-0.05, 0) is 25.1 Å². The number of aliphatic hydroxyl groups is 2. The van der Waals surface area contributed by atoms with E-state index in [1.54, 1.807) is 0 Å². The Hall–Kier alpha value is 0.0969. The lowest BCUT2D eigenvalue weighted by molar-refractivity contribution is 0.0512. The van der Waals surface area contributed by atoms with Crippen LogP contribution in [0.4, 0.5) is 0 Å². The Kier molecular flexibility index (Phi) is 5.47. The van der Waals surface area contributed by atoms with Crippen molar-refractivity contribution in [1.82, 2.24) is 0 Å². The predicted octanol–water partition coefficient (Wildman–Crippen LogP) is 2.14. The fourth-order valence-electron chi connectivity index (χ4n) is 1.19. The van der Waals surface area contributed by atoms with Gasteiger partial charge in [-0.1, -0.05) is 20.8 Å². The number of hydrogen-bond acceptors (Lipinski definition) is 3. The predicted molar refractivity (Wildman–Crippen MR) is 65.5 cm³/mol. The van der Waals surface area contributed by atoms with Crippen molar-refractivity contribution in [2.24, 2.45) is 0 Å². The SMILES string of the molecule is C[C@H](C[C@H](O)CO)O[Si](C)(C)C(C)(C)C. The van der Waals surface area contributed by atoms with Crippen LogP contribution in [-0.2, 0) is 4.43 Å². The van der Waals surface area contributed by atoms with Gasteiger partial charge in [-0.2, -0.15) is 0 Å². The zero-order valence-electron chi connectivity index (χ0n) is 10.9. The largest absolute Gasteiger partial charge is 0.414 e. The van der Waals surface area contributed by atoms with E-state index >= 15 is 0 Å². The number of hydrogen-bond donors (Lipinski definition) is 2. The highest BCUT2D eigenvalue weighted by atomic mass is 28.4. The summed E-state index contributed by atoms with van der Waals surface area (Å²) in [6.07, 6.45) is -0.152. The second-order valence-corrected chi connectivity index (χ2v) is 10.5. The van der Waals surface area contributed by atoms with Crippen LogP contribution in [0.25, 0.3) is 0 Å². The summed E-state index contributed by atoms with van der Waals surface area (Å²) in [6.45, 7) is 12.7. The molecule has 92 valence electrons. The van der Waals surface area contributed by atoms with Crippen LogP contribution in [0.5, 0.6) is 0 Å². The molecule has 2 N–H and O–H groups in total. The van der Waals surface area contributed by atoms with E-state index in [9.17, 15) is 5.11 Å². The average molecular weight is 234 g/mol. The van der Waals surface area contributed by atoms with Crippen molar-refractivity contribution in [3.8, 4) is 0 Å². The first-order valence-electron chi connectivity index (χ1n) is 5.57. The zero-order valence-corrected chi connectivity index (χ0v) is 11.9. The van der Waals surface area contributed by atoms with Crippen LogP contribution in [0.3, 0.4) is 0 Å². The molecule has 0 aliphatic carbocycles. The summed E-state index contributed by atoms with van der Waals surface area (Å²) in [5.74, 6) is 0. The van der Waals surface area contributed by atoms with E-state index in [-0.39, 0.29) is 17.7 Å². The van der Waals surface area contributed by atoms with E-state index in [1.807, 2.05) is 6.92 Å². The first-order chi connectivity index (χ1) is 6.60. The molecular weight excluding hydrogens is 208 g/mol. The molecule has 0 amide bonds. The molecule has 0 heterocycles. The van der Waals surface area contributed by atoms with E-state index < -0.39 is 14.4 Å². The minimum Gasteiger partial charge on any atom is -0.414 e. The van der Waals surface area contributed by atoms with E-state index in [2.05, 4.69) is 33.9 Å². The molecule has 0 unspecified atom stereocenters. The highest BCUT2D eigenvalue weighted by Gasteiger charge is 2.38. The van der Waals surface area contributed by atoms with Gasteiger partial charge >= 0.3 is 0 Å². The molecule has 4 heteroatoms. The van der Waals surface area contributed by atoms with Crippen LogP contribution in [-0.4, -0.2) is 37.3 Å². The molecule has 0 aliphatic rings. The third kappa shape index (κ3) is 5.11. The molecular formula is C11H26O3Si. The van der Waals surface area contributed by atoms with E-state index in [0.717, 1.165) is 0 Å². The maximum absolute atomic E-state index is 9.31. The van der Waals surface area contributed by atoms with Gasteiger partial charge in [0.05, 0.1) is 12.7 Å². The molecule has 0 bridgehead atoms. The summed E-state index contributed by atoms with van der Waals surface area (Å²) in [5.41, 5.74) is 0. The molecule has 0 aromatic rings. The van der Waals surface area contributed by atoms with Gasteiger partial charge in [-0.15, -0.1) is 0 Å². The first-order valence-corrected chi connectivity index (χ1v) is 8.47. The fourth-order valence-corrected chi connectivity index (χ4v) is 2.64. The van der Waals surface area contributed by atoms with Gasteiger partial charge in [0.15, 0.2) is 8.32 Å². The average Bonchev–Trinajstić information content (AvgIpc) is 2.00. The Balaban J connectivity index is 4.22. The van der Waals surface area contributed by atoms with Gasteiger partial charge in [-0.3, -0.25) is 0 Å². The second kappa shape index (κ2) is 5.43. The molecule has 0 radical (unpaired) electrons. The molecule has 0 saturated carbocycles. The number of aliphatic hydroxyl groups excluding tert-OH is 2. The molecule has 0 rings (SSSR count). The normalized spacial score (nSPS) is 17.6. The van der Waals surface area contributed by atoms with Crippen LogP contribution >= 0.6 is 0 Å². The third-order valence-corrected chi connectivity index (χ3v) is 7.72. The molecule has 0 spiro atoms. The third-order valence-electron chi connectivity index (χ3n) is 3.12.